The lowest BCUT2D eigenvalue weighted by Gasteiger charge is -2.40. The third-order valence-electron chi connectivity index (χ3n) is 4.54. The van der Waals surface area contributed by atoms with Crippen LogP contribution in [0.2, 0.25) is 0 Å². The number of likely N-dealkylation sites (N-methyl/N-ethyl adjacent to an activating group) is 1. The Balaban J connectivity index is 1.68. The number of likely N-dealkylation sites (tertiary alicyclic amines) is 1. The highest BCUT2D eigenvalue weighted by Crippen LogP contribution is 2.26. The SMILES string of the molecule is CN(Cc1ccno1)C[C@@]1(O)CCCN(Cc2cccc(F)c2F)C1=O. The molecule has 1 fully saturated rings. The molecule has 1 aliphatic rings. The number of aromatic nitrogens is 1. The number of carbonyl (C=O) groups is 1. The maximum atomic E-state index is 13.9. The van der Waals surface area contributed by atoms with E-state index in [2.05, 4.69) is 5.16 Å². The van der Waals surface area contributed by atoms with Gasteiger partial charge in [0.05, 0.1) is 12.7 Å². The Morgan fingerprint density at radius 1 is 1.38 bits per heavy atom. The molecule has 0 spiro atoms. The lowest BCUT2D eigenvalue weighted by Crippen LogP contribution is -2.57. The van der Waals surface area contributed by atoms with Crippen molar-refractivity contribution in [2.24, 2.45) is 0 Å². The van der Waals surface area contributed by atoms with Gasteiger partial charge >= 0.3 is 0 Å². The van der Waals surface area contributed by atoms with Crippen LogP contribution in [0.15, 0.2) is 35.0 Å². The number of benzene rings is 1. The molecule has 1 aromatic carbocycles. The largest absolute Gasteiger partial charge is 0.379 e. The van der Waals surface area contributed by atoms with Gasteiger partial charge < -0.3 is 14.5 Å². The molecule has 0 bridgehead atoms. The Bertz CT molecular complexity index is 769. The molecule has 1 N–H and O–H groups in total. The molecule has 8 heteroatoms. The van der Waals surface area contributed by atoms with Gasteiger partial charge in [-0.1, -0.05) is 17.3 Å². The van der Waals surface area contributed by atoms with Crippen LogP contribution in [0.1, 0.15) is 24.2 Å². The normalized spacial score (nSPS) is 20.8. The van der Waals surface area contributed by atoms with Crippen molar-refractivity contribution in [1.82, 2.24) is 15.0 Å². The minimum atomic E-state index is -1.57. The second kappa shape index (κ2) is 7.51. The van der Waals surface area contributed by atoms with E-state index in [0.29, 0.717) is 31.7 Å². The van der Waals surface area contributed by atoms with Gasteiger partial charge in [0, 0.05) is 31.3 Å². The highest BCUT2D eigenvalue weighted by atomic mass is 19.2. The number of carbonyl (C=O) groups excluding carboxylic acids is 1. The fourth-order valence-electron chi connectivity index (χ4n) is 3.33. The van der Waals surface area contributed by atoms with Crippen LogP contribution in [0, 0.1) is 11.6 Å². The summed E-state index contributed by atoms with van der Waals surface area (Å²) in [7, 11) is 1.76. The first-order chi connectivity index (χ1) is 12.4. The van der Waals surface area contributed by atoms with Crippen molar-refractivity contribution in [3.8, 4) is 0 Å². The maximum absolute atomic E-state index is 13.9. The molecule has 140 valence electrons. The molecule has 2 heterocycles. The molecule has 0 aliphatic carbocycles. The van der Waals surface area contributed by atoms with Gasteiger partial charge in [-0.25, -0.2) is 8.78 Å². The van der Waals surface area contributed by atoms with Crippen LogP contribution in [0.5, 0.6) is 0 Å². The highest BCUT2D eigenvalue weighted by molar-refractivity contribution is 5.86. The van der Waals surface area contributed by atoms with Crippen LogP contribution in [0.3, 0.4) is 0 Å². The monoisotopic (exact) mass is 365 g/mol. The number of halogens is 2. The van der Waals surface area contributed by atoms with Gasteiger partial charge in [0.25, 0.3) is 5.91 Å². The van der Waals surface area contributed by atoms with Gasteiger partial charge in [0.1, 0.15) is 0 Å². The molecule has 1 aliphatic heterocycles. The number of aliphatic hydroxyl groups is 1. The van der Waals surface area contributed by atoms with E-state index in [1.165, 1.54) is 23.2 Å². The smallest absolute Gasteiger partial charge is 0.256 e. The number of rotatable bonds is 6. The van der Waals surface area contributed by atoms with Crippen molar-refractivity contribution < 1.29 is 23.2 Å². The summed E-state index contributed by atoms with van der Waals surface area (Å²) < 4.78 is 32.3. The van der Waals surface area contributed by atoms with Crippen LogP contribution >= 0.6 is 0 Å². The number of hydrogen-bond acceptors (Lipinski definition) is 5. The fraction of sp³-hybridized carbons (Fsp3) is 0.444. The van der Waals surface area contributed by atoms with Crippen LogP contribution in [0.25, 0.3) is 0 Å². The van der Waals surface area contributed by atoms with Crippen LogP contribution in [-0.2, 0) is 17.9 Å². The Kier molecular flexibility index (Phi) is 5.33. The van der Waals surface area contributed by atoms with Crippen molar-refractivity contribution in [2.75, 3.05) is 20.1 Å². The van der Waals surface area contributed by atoms with Gasteiger partial charge in [0.15, 0.2) is 23.0 Å². The number of amides is 1. The number of piperidine rings is 1. The molecule has 1 saturated heterocycles. The van der Waals surface area contributed by atoms with Crippen LogP contribution in [-0.4, -0.2) is 51.7 Å². The van der Waals surface area contributed by atoms with Gasteiger partial charge in [-0.05, 0) is 26.0 Å². The molecule has 2 aromatic rings. The lowest BCUT2D eigenvalue weighted by atomic mass is 9.90. The van der Waals surface area contributed by atoms with E-state index >= 15 is 0 Å². The third kappa shape index (κ3) is 3.91. The summed E-state index contributed by atoms with van der Waals surface area (Å²) in [5.41, 5.74) is -1.48. The molecular formula is C18H21F2N3O3. The van der Waals surface area contributed by atoms with E-state index in [1.807, 2.05) is 0 Å². The molecule has 1 amide bonds. The Morgan fingerprint density at radius 3 is 2.92 bits per heavy atom. The minimum absolute atomic E-state index is 0.0729. The van der Waals surface area contributed by atoms with Crippen LogP contribution in [0.4, 0.5) is 8.78 Å². The molecule has 1 atom stereocenters. The summed E-state index contributed by atoms with van der Waals surface area (Å²) in [6.45, 7) is 0.822. The summed E-state index contributed by atoms with van der Waals surface area (Å²) in [4.78, 5) is 15.9. The molecule has 6 nitrogen and oxygen atoms in total. The molecule has 0 unspecified atom stereocenters. The first-order valence-corrected chi connectivity index (χ1v) is 8.42. The van der Waals surface area contributed by atoms with E-state index in [0.717, 1.165) is 6.07 Å². The molecule has 26 heavy (non-hydrogen) atoms. The van der Waals surface area contributed by atoms with Crippen molar-refractivity contribution in [3.05, 3.63) is 53.4 Å². The summed E-state index contributed by atoms with van der Waals surface area (Å²) in [5, 5.41) is 14.5. The highest BCUT2D eigenvalue weighted by Gasteiger charge is 2.43. The predicted octanol–water partition coefficient (Wildman–Crippen LogP) is 1.94. The van der Waals surface area contributed by atoms with Crippen molar-refractivity contribution in [2.45, 2.75) is 31.5 Å². The third-order valence-corrected chi connectivity index (χ3v) is 4.54. The predicted molar refractivity (Wildman–Crippen MR) is 88.8 cm³/mol. The molecule has 0 saturated carbocycles. The standard InChI is InChI=1S/C18H21F2N3O3/c1-22(11-14-6-8-21-26-14)12-18(25)7-3-9-23(17(18)24)10-13-4-2-5-15(19)16(13)20/h2,4-6,8,25H,3,7,9-12H2,1H3/t18-/m0/s1. The number of hydrogen-bond donors (Lipinski definition) is 1. The topological polar surface area (TPSA) is 69.8 Å². The van der Waals surface area contributed by atoms with E-state index in [-0.39, 0.29) is 18.7 Å². The summed E-state index contributed by atoms with van der Waals surface area (Å²) in [6.07, 6.45) is 2.42. The van der Waals surface area contributed by atoms with Gasteiger partial charge in [-0.2, -0.15) is 0 Å². The zero-order chi connectivity index (χ0) is 18.7. The maximum Gasteiger partial charge on any atom is 0.256 e. The Labute approximate surface area is 150 Å². The molecule has 1 aromatic heterocycles. The average Bonchev–Trinajstić information content (AvgIpc) is 3.09. The molecule has 3 rings (SSSR count). The van der Waals surface area contributed by atoms with E-state index in [9.17, 15) is 18.7 Å². The summed E-state index contributed by atoms with van der Waals surface area (Å²) >= 11 is 0. The number of nitrogens with zero attached hydrogens (tertiary/aromatic N) is 3. The minimum Gasteiger partial charge on any atom is -0.379 e. The lowest BCUT2D eigenvalue weighted by molar-refractivity contribution is -0.160. The van der Waals surface area contributed by atoms with Gasteiger partial charge in [0.2, 0.25) is 0 Å². The van der Waals surface area contributed by atoms with Gasteiger partial charge in [-0.15, -0.1) is 0 Å². The van der Waals surface area contributed by atoms with Gasteiger partial charge in [-0.3, -0.25) is 9.69 Å². The Morgan fingerprint density at radius 2 is 2.19 bits per heavy atom. The van der Waals surface area contributed by atoms with Crippen molar-refractivity contribution >= 4 is 5.91 Å². The Hall–Kier alpha value is -2.32. The van der Waals surface area contributed by atoms with E-state index < -0.39 is 23.1 Å². The fourth-order valence-corrected chi connectivity index (χ4v) is 3.33. The molecular weight excluding hydrogens is 344 g/mol. The van der Waals surface area contributed by atoms with E-state index in [1.54, 1.807) is 18.0 Å². The van der Waals surface area contributed by atoms with Crippen molar-refractivity contribution in [3.63, 3.8) is 0 Å². The van der Waals surface area contributed by atoms with E-state index in [4.69, 9.17) is 4.52 Å². The quantitative estimate of drug-likeness (QED) is 0.847. The average molecular weight is 365 g/mol. The summed E-state index contributed by atoms with van der Waals surface area (Å²) in [5.74, 6) is -1.76. The second-order valence-electron chi connectivity index (χ2n) is 6.73. The zero-order valence-electron chi connectivity index (χ0n) is 14.5. The first kappa shape index (κ1) is 18.5. The van der Waals surface area contributed by atoms with Crippen LogP contribution < -0.4 is 0 Å². The molecule has 0 radical (unpaired) electrons. The van der Waals surface area contributed by atoms with Crippen molar-refractivity contribution in [1.29, 1.82) is 0 Å². The summed E-state index contributed by atoms with van der Waals surface area (Å²) in [6, 6.07) is 5.59. The zero-order valence-corrected chi connectivity index (χ0v) is 14.5. The first-order valence-electron chi connectivity index (χ1n) is 8.42. The second-order valence-corrected chi connectivity index (χ2v) is 6.73.